The van der Waals surface area contributed by atoms with E-state index in [0.29, 0.717) is 11.1 Å². The maximum absolute atomic E-state index is 11.5. The summed E-state index contributed by atoms with van der Waals surface area (Å²) in [6.07, 6.45) is -2.96. The smallest absolute Gasteiger partial charge is 0.407 e. The van der Waals surface area contributed by atoms with Crippen molar-refractivity contribution in [2.75, 3.05) is 6.54 Å². The molecule has 0 saturated carbocycles. The summed E-state index contributed by atoms with van der Waals surface area (Å²) in [5.41, 5.74) is 6.04. The number of aliphatic hydroxyl groups excluding tert-OH is 2. The largest absolute Gasteiger partial charge is 0.444 e. The number of alkyl carbamates (subject to hydrolysis) is 1. The van der Waals surface area contributed by atoms with Gasteiger partial charge in [0, 0.05) is 12.1 Å². The third kappa shape index (κ3) is 5.97. The van der Waals surface area contributed by atoms with Gasteiger partial charge in [0.15, 0.2) is 0 Å². The van der Waals surface area contributed by atoms with E-state index in [1.54, 1.807) is 45.0 Å². The van der Waals surface area contributed by atoms with Gasteiger partial charge < -0.3 is 26.0 Å². The van der Waals surface area contributed by atoms with E-state index in [-0.39, 0.29) is 11.5 Å². The first kappa shape index (κ1) is 18.3. The van der Waals surface area contributed by atoms with Crippen LogP contribution in [-0.2, 0) is 4.74 Å². The Labute approximate surface area is 135 Å². The van der Waals surface area contributed by atoms with Crippen molar-refractivity contribution in [3.05, 3.63) is 35.4 Å². The Hall–Kier alpha value is -1.70. The van der Waals surface area contributed by atoms with Crippen molar-refractivity contribution in [3.63, 3.8) is 0 Å². The highest BCUT2D eigenvalue weighted by Gasteiger charge is 2.21. The van der Waals surface area contributed by atoms with Gasteiger partial charge in [-0.05, 0) is 26.3 Å². The van der Waals surface area contributed by atoms with Gasteiger partial charge in [-0.15, -0.1) is 0 Å². The summed E-state index contributed by atoms with van der Waals surface area (Å²) in [5.74, 6) is 0. The second-order valence-electron chi connectivity index (χ2n) is 5.88. The van der Waals surface area contributed by atoms with Crippen LogP contribution >= 0.6 is 12.2 Å². The second-order valence-corrected chi connectivity index (χ2v) is 6.32. The van der Waals surface area contributed by atoms with Crippen LogP contribution < -0.4 is 11.1 Å². The molecule has 0 fully saturated rings. The van der Waals surface area contributed by atoms with Crippen LogP contribution in [0.15, 0.2) is 24.3 Å². The van der Waals surface area contributed by atoms with Crippen molar-refractivity contribution in [2.24, 2.45) is 5.73 Å². The molecule has 0 aliphatic rings. The molecular formula is C15H22N2O4S. The highest BCUT2D eigenvalue weighted by molar-refractivity contribution is 7.80. The normalized spacial score (nSPS) is 14.0. The summed E-state index contributed by atoms with van der Waals surface area (Å²) in [7, 11) is 0. The number of hydrogen-bond acceptors (Lipinski definition) is 5. The predicted octanol–water partition coefficient (Wildman–Crippen LogP) is 1.24. The van der Waals surface area contributed by atoms with Gasteiger partial charge in [0.25, 0.3) is 0 Å². The Bertz CT molecular complexity index is 525. The van der Waals surface area contributed by atoms with E-state index in [4.69, 9.17) is 22.7 Å². The quantitative estimate of drug-likeness (QED) is 0.607. The van der Waals surface area contributed by atoms with Gasteiger partial charge in [-0.1, -0.05) is 36.5 Å². The molecule has 0 spiro atoms. The number of aliphatic hydroxyl groups is 2. The molecule has 7 heteroatoms. The van der Waals surface area contributed by atoms with Gasteiger partial charge >= 0.3 is 6.09 Å². The lowest BCUT2D eigenvalue weighted by Crippen LogP contribution is -2.38. The Morgan fingerprint density at radius 2 is 1.86 bits per heavy atom. The van der Waals surface area contributed by atoms with E-state index < -0.39 is 23.9 Å². The van der Waals surface area contributed by atoms with Crippen molar-refractivity contribution >= 4 is 23.3 Å². The van der Waals surface area contributed by atoms with Crippen LogP contribution in [0.5, 0.6) is 0 Å². The van der Waals surface area contributed by atoms with Gasteiger partial charge in [-0.2, -0.15) is 0 Å². The number of thiocarbonyl (C=S) groups is 1. The van der Waals surface area contributed by atoms with Crippen LogP contribution in [0.3, 0.4) is 0 Å². The van der Waals surface area contributed by atoms with Crippen LogP contribution in [0.4, 0.5) is 4.79 Å². The number of rotatable bonds is 5. The number of carbonyl (C=O) groups is 1. The zero-order valence-electron chi connectivity index (χ0n) is 12.9. The number of carbonyl (C=O) groups excluding carboxylic acids is 1. The van der Waals surface area contributed by atoms with E-state index in [1.807, 2.05) is 0 Å². The second kappa shape index (κ2) is 7.53. The molecule has 6 nitrogen and oxygen atoms in total. The molecule has 0 bridgehead atoms. The fraction of sp³-hybridized carbons (Fsp3) is 0.467. The molecule has 1 aromatic carbocycles. The number of nitrogens with one attached hydrogen (secondary N) is 1. The minimum Gasteiger partial charge on any atom is -0.444 e. The number of hydrogen-bond donors (Lipinski definition) is 4. The molecule has 0 radical (unpaired) electrons. The van der Waals surface area contributed by atoms with E-state index in [2.05, 4.69) is 5.32 Å². The molecular weight excluding hydrogens is 304 g/mol. The Morgan fingerprint density at radius 3 is 2.32 bits per heavy atom. The number of ether oxygens (including phenoxy) is 1. The molecule has 0 saturated heterocycles. The maximum atomic E-state index is 11.5. The van der Waals surface area contributed by atoms with Crippen LogP contribution in [0, 0.1) is 0 Å². The summed E-state index contributed by atoms with van der Waals surface area (Å²) in [4.78, 5) is 11.7. The summed E-state index contributed by atoms with van der Waals surface area (Å²) < 4.78 is 5.04. The predicted molar refractivity (Wildman–Crippen MR) is 87.5 cm³/mol. The van der Waals surface area contributed by atoms with Gasteiger partial charge in [0.1, 0.15) is 22.8 Å². The van der Waals surface area contributed by atoms with Crippen LogP contribution in [0.2, 0.25) is 0 Å². The highest BCUT2D eigenvalue weighted by atomic mass is 32.1. The summed E-state index contributed by atoms with van der Waals surface area (Å²) in [6.45, 7) is 5.08. The Balaban J connectivity index is 2.56. The van der Waals surface area contributed by atoms with Crippen LogP contribution in [0.25, 0.3) is 0 Å². The molecule has 0 aliphatic carbocycles. The first-order valence-electron chi connectivity index (χ1n) is 6.83. The Morgan fingerprint density at radius 1 is 1.32 bits per heavy atom. The molecule has 2 atom stereocenters. The molecule has 1 rings (SSSR count). The van der Waals surface area contributed by atoms with Crippen molar-refractivity contribution in [1.82, 2.24) is 5.32 Å². The van der Waals surface area contributed by atoms with Gasteiger partial charge in [0.2, 0.25) is 0 Å². The zero-order chi connectivity index (χ0) is 16.9. The van der Waals surface area contributed by atoms with Gasteiger partial charge in [-0.3, -0.25) is 0 Å². The Kier molecular flexibility index (Phi) is 6.28. The van der Waals surface area contributed by atoms with E-state index >= 15 is 0 Å². The maximum Gasteiger partial charge on any atom is 0.407 e. The molecule has 0 aromatic heterocycles. The lowest BCUT2D eigenvalue weighted by Gasteiger charge is -2.22. The molecule has 0 aliphatic heterocycles. The monoisotopic (exact) mass is 326 g/mol. The standard InChI is InChI=1S/C15H22N2O4S/c1-15(2,3)21-14(20)17-8-11(18)12(19)9-4-6-10(7-5-9)13(16)22/h4-7,11-12,18-19H,8H2,1-3H3,(H2,16,22)(H,17,20). The summed E-state index contributed by atoms with van der Waals surface area (Å²) >= 11 is 4.84. The van der Waals surface area contributed by atoms with Crippen LogP contribution in [0.1, 0.15) is 38.0 Å². The van der Waals surface area contributed by atoms with Crippen molar-refractivity contribution < 1.29 is 19.7 Å². The molecule has 5 N–H and O–H groups in total. The van der Waals surface area contributed by atoms with E-state index in [0.717, 1.165) is 0 Å². The molecule has 1 amide bonds. The average Bonchev–Trinajstić information content (AvgIpc) is 2.42. The lowest BCUT2D eigenvalue weighted by molar-refractivity contribution is 0.0129. The van der Waals surface area contributed by atoms with Crippen molar-refractivity contribution in [3.8, 4) is 0 Å². The number of nitrogens with two attached hydrogens (primary N) is 1. The van der Waals surface area contributed by atoms with Crippen molar-refractivity contribution in [1.29, 1.82) is 0 Å². The number of amides is 1. The molecule has 122 valence electrons. The first-order valence-corrected chi connectivity index (χ1v) is 7.23. The minimum absolute atomic E-state index is 0.132. The van der Waals surface area contributed by atoms with Crippen molar-refractivity contribution in [2.45, 2.75) is 38.6 Å². The third-order valence-corrected chi connectivity index (χ3v) is 2.99. The van der Waals surface area contributed by atoms with E-state index in [1.165, 1.54) is 0 Å². The summed E-state index contributed by atoms with van der Waals surface area (Å²) in [6, 6.07) is 6.56. The summed E-state index contributed by atoms with van der Waals surface area (Å²) in [5, 5.41) is 22.4. The van der Waals surface area contributed by atoms with Gasteiger partial charge in [0.05, 0.1) is 0 Å². The molecule has 22 heavy (non-hydrogen) atoms. The van der Waals surface area contributed by atoms with E-state index in [9.17, 15) is 15.0 Å². The lowest BCUT2D eigenvalue weighted by atomic mass is 10.0. The topological polar surface area (TPSA) is 105 Å². The van der Waals surface area contributed by atoms with Crippen LogP contribution in [-0.4, -0.2) is 39.5 Å². The van der Waals surface area contributed by atoms with Gasteiger partial charge in [-0.25, -0.2) is 4.79 Å². The average molecular weight is 326 g/mol. The molecule has 1 aromatic rings. The minimum atomic E-state index is -1.16. The zero-order valence-corrected chi connectivity index (χ0v) is 13.7. The molecule has 2 unspecified atom stereocenters. The number of benzene rings is 1. The fourth-order valence-electron chi connectivity index (χ4n) is 1.68. The fourth-order valence-corrected chi connectivity index (χ4v) is 1.82. The SMILES string of the molecule is CC(C)(C)OC(=O)NCC(O)C(O)c1ccc(C(N)=S)cc1. The highest BCUT2D eigenvalue weighted by Crippen LogP contribution is 2.17. The third-order valence-electron chi connectivity index (χ3n) is 2.76. The molecule has 0 heterocycles. The first-order chi connectivity index (χ1) is 10.1.